The normalized spacial score (nSPS) is 12.4. The van der Waals surface area contributed by atoms with E-state index < -0.39 is 11.9 Å². The maximum Gasteiger partial charge on any atom is 0.344 e. The van der Waals surface area contributed by atoms with Crippen molar-refractivity contribution in [1.82, 2.24) is 5.32 Å². The van der Waals surface area contributed by atoms with Crippen molar-refractivity contribution in [3.05, 3.63) is 45.1 Å². The van der Waals surface area contributed by atoms with Crippen LogP contribution in [0.15, 0.2) is 24.3 Å². The quantitative estimate of drug-likeness (QED) is 0.167. The lowest BCUT2D eigenvalue weighted by atomic mass is 10.0. The highest BCUT2D eigenvalue weighted by Crippen LogP contribution is 2.30. The monoisotopic (exact) mass is 559 g/mol. The van der Waals surface area contributed by atoms with Gasteiger partial charge in [0.05, 0.1) is 18.1 Å². The molecule has 1 aliphatic rings. The average molecular weight is 560 g/mol. The Kier molecular flexibility index (Phi) is 12.4. The van der Waals surface area contributed by atoms with Gasteiger partial charge in [-0.1, -0.05) is 26.7 Å². The predicted molar refractivity (Wildman–Crippen MR) is 147 cm³/mol. The molecule has 0 unspecified atom stereocenters. The number of ether oxygens (including phenoxy) is 4. The molecule has 10 heteroatoms. The van der Waals surface area contributed by atoms with Crippen LogP contribution < -0.4 is 14.8 Å². The van der Waals surface area contributed by atoms with Crippen molar-refractivity contribution in [2.45, 2.75) is 65.3 Å². The van der Waals surface area contributed by atoms with E-state index in [-0.39, 0.29) is 49.1 Å². The van der Waals surface area contributed by atoms with Gasteiger partial charge in [-0.3, -0.25) is 9.59 Å². The van der Waals surface area contributed by atoms with Crippen LogP contribution in [0.5, 0.6) is 11.5 Å². The lowest BCUT2D eigenvalue weighted by Crippen LogP contribution is -2.21. The molecule has 9 nitrogen and oxygen atoms in total. The Morgan fingerprint density at radius 2 is 1.49 bits per heavy atom. The van der Waals surface area contributed by atoms with Gasteiger partial charge in [0.15, 0.2) is 36.3 Å². The molecule has 0 amide bonds. The summed E-state index contributed by atoms with van der Waals surface area (Å²) in [7, 11) is 0. The molecule has 2 heterocycles. The summed E-state index contributed by atoms with van der Waals surface area (Å²) in [6.45, 7) is 5.52. The fraction of sp³-hybridized carbons (Fsp3) is 0.517. The Bertz CT molecular complexity index is 1120. The Balaban J connectivity index is 1.63. The van der Waals surface area contributed by atoms with Gasteiger partial charge < -0.3 is 24.3 Å². The summed E-state index contributed by atoms with van der Waals surface area (Å²) in [5, 5.41) is 3.30. The highest BCUT2D eigenvalue weighted by Gasteiger charge is 2.19. The number of nitrogens with one attached hydrogen (secondary N) is 1. The summed E-state index contributed by atoms with van der Waals surface area (Å²) < 4.78 is 21.4. The van der Waals surface area contributed by atoms with Crippen molar-refractivity contribution >= 4 is 34.8 Å². The van der Waals surface area contributed by atoms with Gasteiger partial charge in [-0.15, -0.1) is 11.3 Å². The van der Waals surface area contributed by atoms with Crippen molar-refractivity contribution in [3.8, 4) is 11.5 Å². The Morgan fingerprint density at radius 1 is 0.846 bits per heavy atom. The average Bonchev–Trinajstić information content (AvgIpc) is 3.38. The van der Waals surface area contributed by atoms with Crippen LogP contribution in [0.3, 0.4) is 0 Å². The molecule has 0 spiro atoms. The molecule has 0 fully saturated rings. The van der Waals surface area contributed by atoms with Gasteiger partial charge in [-0.05, 0) is 49.1 Å². The first-order chi connectivity index (χ1) is 18.9. The molecule has 1 aromatic carbocycles. The second kappa shape index (κ2) is 16.0. The van der Waals surface area contributed by atoms with Gasteiger partial charge in [0.25, 0.3) is 0 Å². The van der Waals surface area contributed by atoms with E-state index in [9.17, 15) is 19.2 Å². The van der Waals surface area contributed by atoms with Gasteiger partial charge in [-0.2, -0.15) is 0 Å². The molecule has 1 N–H and O–H groups in total. The molecule has 0 saturated carbocycles. The van der Waals surface area contributed by atoms with Crippen LogP contribution >= 0.6 is 11.3 Å². The number of ketones is 2. The number of carbonyl (C=O) groups excluding carboxylic acids is 4. The number of fused-ring (bicyclic) bond motifs is 1. The number of carbonyl (C=O) groups is 4. The third kappa shape index (κ3) is 9.78. The predicted octanol–water partition coefficient (Wildman–Crippen LogP) is 4.68. The molecule has 2 aromatic rings. The molecule has 39 heavy (non-hydrogen) atoms. The number of benzene rings is 1. The van der Waals surface area contributed by atoms with Crippen molar-refractivity contribution in [3.63, 3.8) is 0 Å². The van der Waals surface area contributed by atoms with E-state index in [1.165, 1.54) is 28.3 Å². The molecule has 0 aliphatic carbocycles. The van der Waals surface area contributed by atoms with E-state index in [2.05, 4.69) is 5.32 Å². The minimum Gasteiger partial charge on any atom is -0.478 e. The van der Waals surface area contributed by atoms with Crippen molar-refractivity contribution in [2.75, 3.05) is 33.0 Å². The number of Topliss-reactive ketones (excluding diaryl/α,β-unsaturated/α-hetero) is 2. The maximum atomic E-state index is 12.9. The zero-order valence-electron chi connectivity index (χ0n) is 22.7. The van der Waals surface area contributed by atoms with E-state index >= 15 is 0 Å². The summed E-state index contributed by atoms with van der Waals surface area (Å²) in [5.74, 6) is -1.07. The van der Waals surface area contributed by atoms with Gasteiger partial charge in [0.2, 0.25) is 0 Å². The van der Waals surface area contributed by atoms with Crippen LogP contribution in [-0.2, 0) is 32.0 Å². The molecule has 1 aromatic heterocycles. The summed E-state index contributed by atoms with van der Waals surface area (Å²) in [4.78, 5) is 51.6. The van der Waals surface area contributed by atoms with E-state index in [4.69, 9.17) is 18.9 Å². The largest absolute Gasteiger partial charge is 0.478 e. The number of esters is 2. The molecule has 212 valence electrons. The fourth-order valence-corrected chi connectivity index (χ4v) is 4.96. The van der Waals surface area contributed by atoms with Gasteiger partial charge in [-0.25, -0.2) is 9.59 Å². The highest BCUT2D eigenvalue weighted by molar-refractivity contribution is 7.14. The zero-order chi connectivity index (χ0) is 28.0. The van der Waals surface area contributed by atoms with E-state index in [0.29, 0.717) is 23.7 Å². The lowest BCUT2D eigenvalue weighted by molar-refractivity contribution is -0.147. The third-order valence-electron chi connectivity index (χ3n) is 6.07. The van der Waals surface area contributed by atoms with Crippen LogP contribution in [-0.4, -0.2) is 56.5 Å². The molecule has 3 rings (SSSR count). The number of rotatable bonds is 17. The van der Waals surface area contributed by atoms with E-state index in [1.807, 2.05) is 19.9 Å². The second-order valence-corrected chi connectivity index (χ2v) is 10.4. The molecule has 0 radical (unpaired) electrons. The number of hydrogen-bond donors (Lipinski definition) is 1. The highest BCUT2D eigenvalue weighted by atomic mass is 32.1. The van der Waals surface area contributed by atoms with Gasteiger partial charge >= 0.3 is 11.9 Å². The van der Waals surface area contributed by atoms with Crippen LogP contribution in [0.25, 0.3) is 0 Å². The fourth-order valence-electron chi connectivity index (χ4n) is 3.82. The topological polar surface area (TPSA) is 117 Å². The van der Waals surface area contributed by atoms with Crippen molar-refractivity contribution in [1.29, 1.82) is 0 Å². The molecule has 0 saturated heterocycles. The van der Waals surface area contributed by atoms with Crippen LogP contribution in [0.1, 0.15) is 82.8 Å². The van der Waals surface area contributed by atoms with Crippen molar-refractivity contribution in [2.24, 2.45) is 0 Å². The zero-order valence-corrected chi connectivity index (χ0v) is 23.5. The summed E-state index contributed by atoms with van der Waals surface area (Å²) in [6, 6.07) is 6.43. The molecule has 1 aliphatic heterocycles. The first-order valence-electron chi connectivity index (χ1n) is 13.5. The lowest BCUT2D eigenvalue weighted by Gasteiger charge is -2.14. The minimum absolute atomic E-state index is 0.0299. The summed E-state index contributed by atoms with van der Waals surface area (Å²) in [5.41, 5.74) is 1.46. The molecular weight excluding hydrogens is 522 g/mol. The molecular formula is C29H37NO8S. The summed E-state index contributed by atoms with van der Waals surface area (Å²) >= 11 is 1.51. The first-order valence-corrected chi connectivity index (χ1v) is 14.3. The van der Waals surface area contributed by atoms with E-state index in [1.54, 1.807) is 6.07 Å². The minimum atomic E-state index is -0.551. The Hall–Kier alpha value is -3.24. The number of hydrogen-bond acceptors (Lipinski definition) is 10. The second-order valence-electron chi connectivity index (χ2n) is 9.22. The van der Waals surface area contributed by atoms with Crippen LogP contribution in [0, 0.1) is 0 Å². The van der Waals surface area contributed by atoms with Crippen LogP contribution in [0.4, 0.5) is 0 Å². The Labute approximate surface area is 233 Å². The van der Waals surface area contributed by atoms with Gasteiger partial charge in [0.1, 0.15) is 0 Å². The number of thiophene rings is 1. The Morgan fingerprint density at radius 3 is 2.13 bits per heavy atom. The van der Waals surface area contributed by atoms with Gasteiger partial charge in [0, 0.05) is 36.4 Å². The third-order valence-corrected chi connectivity index (χ3v) is 7.35. The molecule has 0 bridgehead atoms. The van der Waals surface area contributed by atoms with E-state index in [0.717, 1.165) is 50.8 Å². The standard InChI is InChI=1S/C29H37NO8S/c1-3-5-13-35-28(33)18-37-24-10-7-20(15-25(24)38-19-29(34)36-14-6-4-2)22(31)8-9-23(32)27-16-21-17-30-12-11-26(21)39-27/h7,10,15-16,30H,3-6,8-9,11-14,17-19H2,1-2H3. The first kappa shape index (κ1) is 30.3. The van der Waals surface area contributed by atoms with Crippen molar-refractivity contribution < 1.29 is 38.1 Å². The molecule has 0 atom stereocenters. The SMILES string of the molecule is CCCCOC(=O)COc1ccc(C(=O)CCC(=O)c2cc3c(s2)CCNC3)cc1OCC(=O)OCCCC. The maximum absolute atomic E-state index is 12.9. The van der Waals surface area contributed by atoms with Crippen LogP contribution in [0.2, 0.25) is 0 Å². The smallest absolute Gasteiger partial charge is 0.344 e. The number of unbranched alkanes of at least 4 members (excludes halogenated alkanes) is 2. The summed E-state index contributed by atoms with van der Waals surface area (Å²) in [6.07, 6.45) is 4.31.